The van der Waals surface area contributed by atoms with Crippen molar-refractivity contribution in [1.82, 2.24) is 5.32 Å². The van der Waals surface area contributed by atoms with Crippen LogP contribution in [-0.2, 0) is 0 Å². The van der Waals surface area contributed by atoms with Crippen molar-refractivity contribution in [2.24, 2.45) is 0 Å². The highest BCUT2D eigenvalue weighted by molar-refractivity contribution is 7.99. The van der Waals surface area contributed by atoms with Crippen LogP contribution in [0.1, 0.15) is 32.6 Å². The van der Waals surface area contributed by atoms with E-state index in [1.165, 1.54) is 38.0 Å². The zero-order valence-corrected chi connectivity index (χ0v) is 9.28. The average Bonchev–Trinajstić information content (AvgIpc) is 2.64. The summed E-state index contributed by atoms with van der Waals surface area (Å²) in [6, 6.07) is 0.782. The van der Waals surface area contributed by atoms with Gasteiger partial charge in [-0.3, -0.25) is 0 Å². The van der Waals surface area contributed by atoms with E-state index in [0.29, 0.717) is 11.9 Å². The second kappa shape index (κ2) is 6.68. The first-order valence-electron chi connectivity index (χ1n) is 5.28. The summed E-state index contributed by atoms with van der Waals surface area (Å²) in [6.07, 6.45) is 5.31. The van der Waals surface area contributed by atoms with Gasteiger partial charge in [0.25, 0.3) is 0 Å². The number of nitrogens with one attached hydrogen (secondary N) is 1. The highest BCUT2D eigenvalue weighted by Crippen LogP contribution is 2.15. The van der Waals surface area contributed by atoms with Crippen LogP contribution in [0.25, 0.3) is 0 Å². The van der Waals surface area contributed by atoms with E-state index in [9.17, 15) is 0 Å². The van der Waals surface area contributed by atoms with E-state index in [1.54, 1.807) is 0 Å². The maximum atomic E-state index is 8.81. The van der Waals surface area contributed by atoms with Crippen molar-refractivity contribution in [2.45, 2.75) is 43.9 Å². The molecule has 1 heterocycles. The molecule has 2 atom stereocenters. The third-order valence-electron chi connectivity index (χ3n) is 2.52. The van der Waals surface area contributed by atoms with E-state index in [0.717, 1.165) is 6.04 Å². The van der Waals surface area contributed by atoms with Crippen LogP contribution in [0.4, 0.5) is 0 Å². The summed E-state index contributed by atoms with van der Waals surface area (Å²) in [7, 11) is 0. The molecule has 1 aliphatic rings. The van der Waals surface area contributed by atoms with Crippen molar-refractivity contribution in [3.8, 4) is 0 Å². The summed E-state index contributed by atoms with van der Waals surface area (Å²) < 4.78 is 0. The Morgan fingerprint density at radius 3 is 3.08 bits per heavy atom. The highest BCUT2D eigenvalue weighted by Gasteiger charge is 2.12. The fourth-order valence-electron chi connectivity index (χ4n) is 1.67. The molecule has 0 spiro atoms. The van der Waals surface area contributed by atoms with Crippen LogP contribution in [-0.4, -0.2) is 35.3 Å². The monoisotopic (exact) mass is 203 g/mol. The van der Waals surface area contributed by atoms with Gasteiger partial charge in [0.1, 0.15) is 0 Å². The number of hydrogen-bond acceptors (Lipinski definition) is 3. The van der Waals surface area contributed by atoms with Gasteiger partial charge in [-0.1, -0.05) is 6.92 Å². The normalized spacial score (nSPS) is 24.9. The maximum Gasteiger partial charge on any atom is 0.0547 e. The van der Waals surface area contributed by atoms with Crippen LogP contribution in [0.5, 0.6) is 0 Å². The molecule has 0 aromatic carbocycles. The Morgan fingerprint density at radius 1 is 1.62 bits per heavy atom. The van der Waals surface area contributed by atoms with Crippen LogP contribution >= 0.6 is 11.8 Å². The van der Waals surface area contributed by atoms with Gasteiger partial charge in [-0.2, -0.15) is 11.8 Å². The molecular formula is C10H21NOS. The number of hydrogen-bond donors (Lipinski definition) is 2. The SMILES string of the molecule is CC(CO)SCCCC1CCCN1. The van der Waals surface area contributed by atoms with Crippen LogP contribution in [0.15, 0.2) is 0 Å². The van der Waals surface area contributed by atoms with Gasteiger partial charge < -0.3 is 10.4 Å². The standard InChI is InChI=1S/C10H21NOS/c1-9(8-12)13-7-3-5-10-4-2-6-11-10/h9-12H,2-8H2,1H3. The van der Waals surface area contributed by atoms with Crippen LogP contribution in [0.3, 0.4) is 0 Å². The minimum Gasteiger partial charge on any atom is -0.395 e. The van der Waals surface area contributed by atoms with Gasteiger partial charge in [-0.25, -0.2) is 0 Å². The number of rotatable bonds is 6. The fourth-order valence-corrected chi connectivity index (χ4v) is 2.51. The lowest BCUT2D eigenvalue weighted by molar-refractivity contribution is 0.300. The molecule has 2 nitrogen and oxygen atoms in total. The van der Waals surface area contributed by atoms with Crippen LogP contribution in [0, 0.1) is 0 Å². The Morgan fingerprint density at radius 2 is 2.46 bits per heavy atom. The molecule has 2 N–H and O–H groups in total. The summed E-state index contributed by atoms with van der Waals surface area (Å²) in [5.74, 6) is 1.19. The van der Waals surface area contributed by atoms with E-state index in [1.807, 2.05) is 11.8 Å². The molecule has 0 bridgehead atoms. The Labute approximate surface area is 85.5 Å². The van der Waals surface area contributed by atoms with E-state index in [-0.39, 0.29) is 0 Å². The molecule has 0 aromatic heterocycles. The number of aliphatic hydroxyl groups is 1. The van der Waals surface area contributed by atoms with Gasteiger partial charge in [0.05, 0.1) is 6.61 Å². The second-order valence-electron chi connectivity index (χ2n) is 3.80. The zero-order chi connectivity index (χ0) is 9.52. The van der Waals surface area contributed by atoms with Crippen molar-refractivity contribution >= 4 is 11.8 Å². The molecule has 0 aromatic rings. The van der Waals surface area contributed by atoms with Gasteiger partial charge in [0.2, 0.25) is 0 Å². The average molecular weight is 203 g/mol. The predicted molar refractivity (Wildman–Crippen MR) is 59.3 cm³/mol. The van der Waals surface area contributed by atoms with Crippen LogP contribution < -0.4 is 5.32 Å². The topological polar surface area (TPSA) is 32.3 Å². The first-order valence-corrected chi connectivity index (χ1v) is 6.33. The molecule has 1 fully saturated rings. The molecule has 1 saturated heterocycles. The van der Waals surface area contributed by atoms with E-state index >= 15 is 0 Å². The molecule has 3 heteroatoms. The summed E-state index contributed by atoms with van der Waals surface area (Å²) in [5.41, 5.74) is 0. The van der Waals surface area contributed by atoms with E-state index in [2.05, 4.69) is 12.2 Å². The molecule has 13 heavy (non-hydrogen) atoms. The van der Waals surface area contributed by atoms with E-state index in [4.69, 9.17) is 5.11 Å². The number of aliphatic hydroxyl groups excluding tert-OH is 1. The van der Waals surface area contributed by atoms with Gasteiger partial charge in [0, 0.05) is 11.3 Å². The quantitative estimate of drug-likeness (QED) is 0.644. The summed E-state index contributed by atoms with van der Waals surface area (Å²) in [5, 5.41) is 12.7. The smallest absolute Gasteiger partial charge is 0.0547 e. The van der Waals surface area contributed by atoms with Gasteiger partial charge in [-0.05, 0) is 38.0 Å². The molecule has 1 aliphatic heterocycles. The molecule has 2 unspecified atom stereocenters. The summed E-state index contributed by atoms with van der Waals surface area (Å²) >= 11 is 1.88. The van der Waals surface area contributed by atoms with Crippen molar-refractivity contribution in [2.75, 3.05) is 18.9 Å². The second-order valence-corrected chi connectivity index (χ2v) is 5.35. The van der Waals surface area contributed by atoms with E-state index < -0.39 is 0 Å². The van der Waals surface area contributed by atoms with Crippen molar-refractivity contribution in [3.63, 3.8) is 0 Å². The molecule has 0 aliphatic carbocycles. The Bertz CT molecular complexity index is 126. The first-order chi connectivity index (χ1) is 6.33. The predicted octanol–water partition coefficient (Wildman–Crippen LogP) is 1.63. The molecule has 0 saturated carbocycles. The molecule has 1 rings (SSSR count). The van der Waals surface area contributed by atoms with Gasteiger partial charge >= 0.3 is 0 Å². The van der Waals surface area contributed by atoms with Crippen molar-refractivity contribution < 1.29 is 5.11 Å². The molecule has 78 valence electrons. The Balaban J connectivity index is 1.88. The lowest BCUT2D eigenvalue weighted by Crippen LogP contribution is -2.21. The lowest BCUT2D eigenvalue weighted by Gasteiger charge is -2.10. The zero-order valence-electron chi connectivity index (χ0n) is 8.46. The minimum absolute atomic E-state index is 0.312. The summed E-state index contributed by atoms with van der Waals surface area (Å²) in [6.45, 7) is 3.61. The first kappa shape index (κ1) is 11.3. The Kier molecular flexibility index (Phi) is 5.83. The highest BCUT2D eigenvalue weighted by atomic mass is 32.2. The van der Waals surface area contributed by atoms with Crippen molar-refractivity contribution in [3.05, 3.63) is 0 Å². The fraction of sp³-hybridized carbons (Fsp3) is 1.00. The third-order valence-corrected chi connectivity index (χ3v) is 3.76. The third kappa shape index (κ3) is 4.89. The molecular weight excluding hydrogens is 182 g/mol. The summed E-state index contributed by atoms with van der Waals surface area (Å²) in [4.78, 5) is 0. The molecule has 0 amide bonds. The minimum atomic E-state index is 0.312. The molecule has 0 radical (unpaired) electrons. The lowest BCUT2D eigenvalue weighted by atomic mass is 10.1. The van der Waals surface area contributed by atoms with Crippen LogP contribution in [0.2, 0.25) is 0 Å². The largest absolute Gasteiger partial charge is 0.395 e. The van der Waals surface area contributed by atoms with Gasteiger partial charge in [-0.15, -0.1) is 0 Å². The Hall–Kier alpha value is 0.270. The maximum absolute atomic E-state index is 8.81. The number of thioether (sulfide) groups is 1. The van der Waals surface area contributed by atoms with Crippen molar-refractivity contribution in [1.29, 1.82) is 0 Å². The van der Waals surface area contributed by atoms with Gasteiger partial charge in [0.15, 0.2) is 0 Å².